The Morgan fingerprint density at radius 2 is 0.494 bits per heavy atom. The molecular formula is C77H128O6. The van der Waals surface area contributed by atoms with Crippen molar-refractivity contribution in [2.45, 2.75) is 322 Å². The molecule has 6 nitrogen and oxygen atoms in total. The lowest BCUT2D eigenvalue weighted by Crippen LogP contribution is -2.30. The summed E-state index contributed by atoms with van der Waals surface area (Å²) in [7, 11) is 0. The van der Waals surface area contributed by atoms with Crippen LogP contribution in [0, 0.1) is 0 Å². The lowest BCUT2D eigenvalue weighted by molar-refractivity contribution is -0.167. The highest BCUT2D eigenvalue weighted by Gasteiger charge is 2.19. The van der Waals surface area contributed by atoms with Gasteiger partial charge in [0.15, 0.2) is 6.10 Å². The van der Waals surface area contributed by atoms with E-state index in [1.165, 1.54) is 135 Å². The molecule has 0 fully saturated rings. The lowest BCUT2D eigenvalue weighted by Gasteiger charge is -2.18. The first kappa shape index (κ1) is 78.5. The highest BCUT2D eigenvalue weighted by Crippen LogP contribution is 2.16. The zero-order valence-corrected chi connectivity index (χ0v) is 54.2. The zero-order chi connectivity index (χ0) is 59.9. The molecule has 0 radical (unpaired) electrons. The summed E-state index contributed by atoms with van der Waals surface area (Å²) in [5, 5.41) is 0. The number of allylic oxidation sites excluding steroid dienone is 22. The minimum Gasteiger partial charge on any atom is -0.462 e. The Morgan fingerprint density at radius 1 is 0.253 bits per heavy atom. The third-order valence-corrected chi connectivity index (χ3v) is 14.6. The fourth-order valence-corrected chi connectivity index (χ4v) is 9.43. The van der Waals surface area contributed by atoms with Crippen molar-refractivity contribution in [3.8, 4) is 0 Å². The monoisotopic (exact) mass is 1150 g/mol. The van der Waals surface area contributed by atoms with Crippen LogP contribution in [0.2, 0.25) is 0 Å². The average molecular weight is 1150 g/mol. The second-order valence-electron chi connectivity index (χ2n) is 22.7. The number of hydrogen-bond acceptors (Lipinski definition) is 6. The molecule has 0 aromatic carbocycles. The van der Waals surface area contributed by atoms with Crippen LogP contribution in [0.1, 0.15) is 316 Å². The molecule has 0 N–H and O–H groups in total. The van der Waals surface area contributed by atoms with Crippen LogP contribution >= 0.6 is 0 Å². The summed E-state index contributed by atoms with van der Waals surface area (Å²) in [6, 6.07) is 0. The Balaban J connectivity index is 4.31. The molecule has 6 heteroatoms. The van der Waals surface area contributed by atoms with E-state index in [9.17, 15) is 14.4 Å². The number of unbranched alkanes of at least 4 members (excludes halogenated alkanes) is 29. The molecule has 0 amide bonds. The van der Waals surface area contributed by atoms with Crippen LogP contribution in [-0.4, -0.2) is 37.2 Å². The largest absolute Gasteiger partial charge is 0.462 e. The third-order valence-electron chi connectivity index (χ3n) is 14.6. The van der Waals surface area contributed by atoms with Gasteiger partial charge < -0.3 is 14.2 Å². The fraction of sp³-hybridized carbons (Fsp3) is 0.675. The van der Waals surface area contributed by atoms with Crippen LogP contribution < -0.4 is 0 Å². The van der Waals surface area contributed by atoms with Gasteiger partial charge in [-0.3, -0.25) is 14.4 Å². The van der Waals surface area contributed by atoms with E-state index in [-0.39, 0.29) is 37.5 Å². The molecule has 0 saturated heterocycles. The number of ether oxygens (including phenoxy) is 3. The number of carbonyl (C=O) groups excluding carboxylic acids is 3. The van der Waals surface area contributed by atoms with Gasteiger partial charge in [-0.15, -0.1) is 0 Å². The molecule has 1 unspecified atom stereocenters. The Bertz CT molecular complexity index is 1750. The molecule has 0 spiro atoms. The number of carbonyl (C=O) groups is 3. The summed E-state index contributed by atoms with van der Waals surface area (Å²) < 4.78 is 16.9. The van der Waals surface area contributed by atoms with Gasteiger partial charge >= 0.3 is 17.9 Å². The van der Waals surface area contributed by atoms with Crippen LogP contribution in [0.4, 0.5) is 0 Å². The van der Waals surface area contributed by atoms with Crippen molar-refractivity contribution in [2.24, 2.45) is 0 Å². The predicted octanol–water partition coefficient (Wildman–Crippen LogP) is 24.1. The first-order valence-corrected chi connectivity index (χ1v) is 34.7. The highest BCUT2D eigenvalue weighted by atomic mass is 16.6. The molecule has 0 heterocycles. The van der Waals surface area contributed by atoms with E-state index in [0.29, 0.717) is 19.3 Å². The maximum atomic E-state index is 12.9. The smallest absolute Gasteiger partial charge is 0.306 e. The third kappa shape index (κ3) is 68.2. The maximum Gasteiger partial charge on any atom is 0.306 e. The van der Waals surface area contributed by atoms with E-state index in [0.717, 1.165) is 135 Å². The predicted molar refractivity (Wildman–Crippen MR) is 362 cm³/mol. The molecule has 0 bridgehead atoms. The summed E-state index contributed by atoms with van der Waals surface area (Å²) in [5.41, 5.74) is 0. The number of hydrogen-bond donors (Lipinski definition) is 0. The Labute approximate surface area is 513 Å². The van der Waals surface area contributed by atoms with Crippen molar-refractivity contribution in [2.75, 3.05) is 13.2 Å². The lowest BCUT2D eigenvalue weighted by atomic mass is 10.0. The molecule has 83 heavy (non-hydrogen) atoms. The van der Waals surface area contributed by atoms with Crippen LogP contribution in [0.15, 0.2) is 134 Å². The molecule has 0 aliphatic carbocycles. The van der Waals surface area contributed by atoms with Crippen LogP contribution in [0.3, 0.4) is 0 Å². The summed E-state index contributed by atoms with van der Waals surface area (Å²) >= 11 is 0. The van der Waals surface area contributed by atoms with E-state index in [4.69, 9.17) is 14.2 Å². The minimum atomic E-state index is -0.812. The van der Waals surface area contributed by atoms with E-state index in [2.05, 4.69) is 154 Å². The van der Waals surface area contributed by atoms with Gasteiger partial charge in [0.05, 0.1) is 0 Å². The molecule has 0 aromatic heterocycles. The standard InChI is InChI=1S/C77H128O6/c1-4-7-10-13-16-19-22-25-27-29-31-33-34-35-36-37-38-39-40-41-42-44-45-47-49-52-55-58-61-64-67-70-76(79)82-73-74(72-81-75(78)69-66-63-60-57-54-51-24-21-18-15-12-9-6-3)83-77(80)71-68-65-62-59-56-53-50-48-46-43-32-30-28-26-23-20-17-14-11-8-5-2/h8,11-12,15,17,20-22,24-26,28-29,31-32,34-35,43,48,50,56,59,74H,4-7,9-10,13-14,16,18-19,23,27,30,33,36-42,44-47,49,51-55,57-58,60-73H2,1-3H3/b11-8-,15-12-,20-17-,24-21-,25-22-,28-26-,31-29-,35-34-,43-32-,50-48-,59-56-. The molecule has 0 aromatic rings. The first-order chi connectivity index (χ1) is 41.0. The molecule has 1 atom stereocenters. The molecular weight excluding hydrogens is 1020 g/mol. The van der Waals surface area contributed by atoms with E-state index >= 15 is 0 Å². The topological polar surface area (TPSA) is 78.9 Å². The van der Waals surface area contributed by atoms with Crippen molar-refractivity contribution in [1.82, 2.24) is 0 Å². The van der Waals surface area contributed by atoms with E-state index in [1.54, 1.807) is 0 Å². The second-order valence-corrected chi connectivity index (χ2v) is 22.7. The number of rotatable bonds is 62. The van der Waals surface area contributed by atoms with Crippen LogP contribution in [-0.2, 0) is 28.6 Å². The van der Waals surface area contributed by atoms with Gasteiger partial charge in [0, 0.05) is 19.3 Å². The molecule has 0 aliphatic heterocycles. The van der Waals surface area contributed by atoms with Gasteiger partial charge in [-0.25, -0.2) is 0 Å². The maximum absolute atomic E-state index is 12.9. The Morgan fingerprint density at radius 3 is 0.807 bits per heavy atom. The van der Waals surface area contributed by atoms with Crippen LogP contribution in [0.5, 0.6) is 0 Å². The highest BCUT2D eigenvalue weighted by molar-refractivity contribution is 5.71. The normalized spacial score (nSPS) is 13.0. The van der Waals surface area contributed by atoms with Gasteiger partial charge in [-0.1, -0.05) is 296 Å². The summed E-state index contributed by atoms with van der Waals surface area (Å²) in [4.78, 5) is 38.4. The average Bonchev–Trinajstić information content (AvgIpc) is 3.49. The summed E-state index contributed by atoms with van der Waals surface area (Å²) in [5.74, 6) is -0.956. The Hall–Kier alpha value is -4.45. The first-order valence-electron chi connectivity index (χ1n) is 34.7. The van der Waals surface area contributed by atoms with Crippen molar-refractivity contribution in [3.63, 3.8) is 0 Å². The quantitative estimate of drug-likeness (QED) is 0.0261. The number of esters is 3. The fourth-order valence-electron chi connectivity index (χ4n) is 9.43. The van der Waals surface area contributed by atoms with Gasteiger partial charge in [-0.2, -0.15) is 0 Å². The van der Waals surface area contributed by atoms with Crippen LogP contribution in [0.25, 0.3) is 0 Å². The van der Waals surface area contributed by atoms with Crippen molar-refractivity contribution >= 4 is 17.9 Å². The Kier molecular flexibility index (Phi) is 66.3. The van der Waals surface area contributed by atoms with Gasteiger partial charge in [0.25, 0.3) is 0 Å². The second kappa shape index (κ2) is 70.0. The van der Waals surface area contributed by atoms with E-state index < -0.39 is 6.10 Å². The molecule has 0 aliphatic rings. The van der Waals surface area contributed by atoms with E-state index in [1.807, 2.05) is 0 Å². The SMILES string of the molecule is CC/C=C\C/C=C\C/C=C\C/C=C\C/C=C\C/C=C\CCCCC(=O)OC(COC(=O)CCCCCCC/C=C\C/C=C\CCC)COC(=O)CCCCCCCCCCCCCCCCCC/C=C\C/C=C\C/C=C\CCCCCCC. The van der Waals surface area contributed by atoms with Crippen molar-refractivity contribution in [1.29, 1.82) is 0 Å². The summed E-state index contributed by atoms with van der Waals surface area (Å²) in [6.07, 6.45) is 99.1. The molecule has 0 rings (SSSR count). The van der Waals surface area contributed by atoms with Gasteiger partial charge in [-0.05, 0) is 135 Å². The molecule has 0 saturated carbocycles. The zero-order valence-electron chi connectivity index (χ0n) is 54.2. The molecule has 472 valence electrons. The van der Waals surface area contributed by atoms with Crippen molar-refractivity contribution in [3.05, 3.63) is 134 Å². The van der Waals surface area contributed by atoms with Gasteiger partial charge in [0.2, 0.25) is 0 Å². The van der Waals surface area contributed by atoms with Crippen molar-refractivity contribution < 1.29 is 28.6 Å². The minimum absolute atomic E-state index is 0.102. The summed E-state index contributed by atoms with van der Waals surface area (Å²) in [6.45, 7) is 6.42. The van der Waals surface area contributed by atoms with Gasteiger partial charge in [0.1, 0.15) is 13.2 Å².